The van der Waals surface area contributed by atoms with Crippen molar-refractivity contribution in [3.8, 4) is 0 Å². The summed E-state index contributed by atoms with van der Waals surface area (Å²) in [5, 5.41) is 3.17. The lowest BCUT2D eigenvalue weighted by molar-refractivity contribution is 0.0926. The summed E-state index contributed by atoms with van der Waals surface area (Å²) in [5.74, 6) is -0.0922. The number of hydrogen-bond donors (Lipinski definition) is 1. The number of pyridine rings is 1. The van der Waals surface area contributed by atoms with Gasteiger partial charge >= 0.3 is 0 Å². The highest BCUT2D eigenvalue weighted by Gasteiger charge is 2.16. The number of fused-ring (bicyclic) bond motifs is 3. The molecule has 0 spiro atoms. The smallest absolute Gasteiger partial charge is 0.276 e. The number of carbonyl (C=O) groups is 1. The monoisotopic (exact) mass is 493 g/mol. The van der Waals surface area contributed by atoms with Crippen LogP contribution < -0.4 is 10.9 Å². The third kappa shape index (κ3) is 5.32. The third-order valence-corrected chi connectivity index (χ3v) is 6.71. The molecule has 5 aromatic rings. The molecule has 0 bridgehead atoms. The second kappa shape index (κ2) is 10.8. The molecule has 0 saturated carbocycles. The summed E-state index contributed by atoms with van der Waals surface area (Å²) in [6.45, 7) is 4.06. The first kappa shape index (κ1) is 24.5. The van der Waals surface area contributed by atoms with Crippen molar-refractivity contribution < 1.29 is 4.79 Å². The predicted octanol–water partition coefficient (Wildman–Crippen LogP) is 4.34. The zero-order valence-corrected chi connectivity index (χ0v) is 21.2. The minimum absolute atomic E-state index is 0.0469. The maximum Gasteiger partial charge on any atom is 0.276 e. The highest BCUT2D eigenvalue weighted by atomic mass is 16.1. The summed E-state index contributed by atoms with van der Waals surface area (Å²) >= 11 is 0. The van der Waals surface area contributed by atoms with Crippen molar-refractivity contribution in [1.29, 1.82) is 0 Å². The number of rotatable bonds is 9. The van der Waals surface area contributed by atoms with Crippen LogP contribution in [0.15, 0.2) is 96.1 Å². The third-order valence-electron chi connectivity index (χ3n) is 6.71. The van der Waals surface area contributed by atoms with Crippen LogP contribution in [0.1, 0.15) is 34.8 Å². The molecule has 0 saturated heterocycles. The quantitative estimate of drug-likeness (QED) is 0.332. The predicted molar refractivity (Wildman–Crippen MR) is 147 cm³/mol. The van der Waals surface area contributed by atoms with Crippen LogP contribution in [0.25, 0.3) is 16.7 Å². The first-order chi connectivity index (χ1) is 18.0. The maximum absolute atomic E-state index is 13.2. The lowest BCUT2D eigenvalue weighted by Crippen LogP contribution is -2.42. The number of nitrogens with one attached hydrogen (secondary N) is 1. The van der Waals surface area contributed by atoms with Crippen LogP contribution in [0.4, 0.5) is 0 Å². The Labute approximate surface area is 216 Å². The van der Waals surface area contributed by atoms with Gasteiger partial charge in [-0.25, -0.2) is 4.98 Å². The SMILES string of the molecule is CC[C@H](CN(C)Cc1ccccc1)NC(=O)c1ccc(Cn2c(=O)c3cccn3c3cccnc32)cc1. The van der Waals surface area contributed by atoms with Crippen LogP contribution in [-0.4, -0.2) is 44.4 Å². The molecule has 1 N–H and O–H groups in total. The second-order valence-electron chi connectivity index (χ2n) is 9.46. The highest BCUT2D eigenvalue weighted by Crippen LogP contribution is 2.15. The minimum atomic E-state index is -0.0940. The molecule has 3 heterocycles. The molecule has 2 aromatic carbocycles. The summed E-state index contributed by atoms with van der Waals surface area (Å²) in [7, 11) is 2.07. The lowest BCUT2D eigenvalue weighted by atomic mass is 10.1. The molecule has 0 aliphatic rings. The fourth-order valence-electron chi connectivity index (χ4n) is 4.76. The van der Waals surface area contributed by atoms with Crippen LogP contribution in [0.3, 0.4) is 0 Å². The van der Waals surface area contributed by atoms with Gasteiger partial charge in [0.25, 0.3) is 11.5 Å². The van der Waals surface area contributed by atoms with E-state index in [1.54, 1.807) is 10.8 Å². The minimum Gasteiger partial charge on any atom is -0.348 e. The van der Waals surface area contributed by atoms with Crippen molar-refractivity contribution in [1.82, 2.24) is 24.2 Å². The van der Waals surface area contributed by atoms with E-state index in [1.807, 2.05) is 77.3 Å². The Balaban J connectivity index is 1.28. The van der Waals surface area contributed by atoms with Crippen molar-refractivity contribution in [3.05, 3.63) is 118 Å². The van der Waals surface area contributed by atoms with Gasteiger partial charge in [-0.05, 0) is 61.0 Å². The van der Waals surface area contributed by atoms with E-state index in [2.05, 4.69) is 41.3 Å². The first-order valence-corrected chi connectivity index (χ1v) is 12.6. The van der Waals surface area contributed by atoms with Crippen molar-refractivity contribution in [2.45, 2.75) is 32.5 Å². The number of likely N-dealkylation sites (N-methyl/N-ethyl adjacent to an activating group) is 1. The number of benzene rings is 2. The van der Waals surface area contributed by atoms with Gasteiger partial charge in [0.2, 0.25) is 0 Å². The summed E-state index contributed by atoms with van der Waals surface area (Å²) in [6.07, 6.45) is 4.41. The van der Waals surface area contributed by atoms with Gasteiger partial charge < -0.3 is 14.6 Å². The Hall–Kier alpha value is -4.23. The molecule has 0 fully saturated rings. The summed E-state index contributed by atoms with van der Waals surface area (Å²) in [4.78, 5) is 32.9. The molecule has 7 heteroatoms. The van der Waals surface area contributed by atoms with Crippen LogP contribution in [0.5, 0.6) is 0 Å². The molecule has 1 amide bonds. The number of nitrogens with zero attached hydrogens (tertiary/aromatic N) is 4. The van der Waals surface area contributed by atoms with Gasteiger partial charge in [0, 0.05) is 37.1 Å². The van der Waals surface area contributed by atoms with Crippen LogP contribution in [0.2, 0.25) is 0 Å². The molecule has 5 rings (SSSR count). The molecule has 7 nitrogen and oxygen atoms in total. The molecule has 0 unspecified atom stereocenters. The van der Waals surface area contributed by atoms with Gasteiger partial charge in [0.15, 0.2) is 5.65 Å². The maximum atomic E-state index is 13.2. The molecular formula is C30H31N5O2. The Bertz CT molecular complexity index is 1570. The molecule has 188 valence electrons. The van der Waals surface area contributed by atoms with Crippen LogP contribution in [0, 0.1) is 0 Å². The lowest BCUT2D eigenvalue weighted by Gasteiger charge is -2.24. The number of hydrogen-bond acceptors (Lipinski definition) is 4. The number of aromatic nitrogens is 3. The fraction of sp³-hybridized carbons (Fsp3) is 0.233. The van der Waals surface area contributed by atoms with Gasteiger partial charge in [-0.3, -0.25) is 14.2 Å². The number of carbonyl (C=O) groups excluding carboxylic acids is 1. The average Bonchev–Trinajstić information content (AvgIpc) is 3.42. The normalized spacial score (nSPS) is 12.3. The van der Waals surface area contributed by atoms with E-state index < -0.39 is 0 Å². The fourth-order valence-corrected chi connectivity index (χ4v) is 4.76. The van der Waals surface area contributed by atoms with Crippen LogP contribution in [-0.2, 0) is 13.1 Å². The van der Waals surface area contributed by atoms with E-state index in [0.717, 1.165) is 30.6 Å². The molecule has 1 atom stereocenters. The molecule has 0 aliphatic heterocycles. The highest BCUT2D eigenvalue weighted by molar-refractivity contribution is 5.94. The topological polar surface area (TPSA) is 71.6 Å². The van der Waals surface area contributed by atoms with Gasteiger partial charge in [0.05, 0.1) is 12.1 Å². The zero-order valence-electron chi connectivity index (χ0n) is 21.2. The van der Waals surface area contributed by atoms with Gasteiger partial charge in [-0.15, -0.1) is 0 Å². The first-order valence-electron chi connectivity index (χ1n) is 12.6. The van der Waals surface area contributed by atoms with Crippen molar-refractivity contribution in [2.24, 2.45) is 0 Å². The molecule has 3 aromatic heterocycles. The molecular weight excluding hydrogens is 462 g/mol. The van der Waals surface area contributed by atoms with Gasteiger partial charge in [-0.1, -0.05) is 49.4 Å². The van der Waals surface area contributed by atoms with Crippen molar-refractivity contribution in [3.63, 3.8) is 0 Å². The molecule has 0 aliphatic carbocycles. The van der Waals surface area contributed by atoms with Crippen LogP contribution >= 0.6 is 0 Å². The Morgan fingerprint density at radius 2 is 1.70 bits per heavy atom. The average molecular weight is 494 g/mol. The second-order valence-corrected chi connectivity index (χ2v) is 9.46. The van der Waals surface area contributed by atoms with E-state index in [-0.39, 0.29) is 17.5 Å². The molecule has 37 heavy (non-hydrogen) atoms. The summed E-state index contributed by atoms with van der Waals surface area (Å²) in [6, 6.07) is 25.3. The van der Waals surface area contributed by atoms with Crippen molar-refractivity contribution in [2.75, 3.05) is 13.6 Å². The van der Waals surface area contributed by atoms with Gasteiger partial charge in [0.1, 0.15) is 5.52 Å². The largest absolute Gasteiger partial charge is 0.348 e. The summed E-state index contributed by atoms with van der Waals surface area (Å²) in [5.41, 5.74) is 4.80. The standard InChI is InChI=1S/C30H31N5O2/c1-3-25(21-33(2)19-22-9-5-4-6-10-22)32-29(36)24-15-13-23(14-16-24)20-35-28-26(11-7-17-31-28)34-18-8-12-27(34)30(35)37/h4-18,25H,3,19-21H2,1-2H3,(H,32,36)/t25-/m1/s1. The Kier molecular flexibility index (Phi) is 7.14. The van der Waals surface area contributed by atoms with E-state index in [0.29, 0.717) is 23.3 Å². The van der Waals surface area contributed by atoms with Crippen molar-refractivity contribution >= 4 is 22.6 Å². The van der Waals surface area contributed by atoms with Gasteiger partial charge in [-0.2, -0.15) is 0 Å². The summed E-state index contributed by atoms with van der Waals surface area (Å²) < 4.78 is 3.56. The van der Waals surface area contributed by atoms with E-state index in [9.17, 15) is 9.59 Å². The van der Waals surface area contributed by atoms with E-state index in [4.69, 9.17) is 0 Å². The number of amides is 1. The molecule has 0 radical (unpaired) electrons. The zero-order chi connectivity index (χ0) is 25.8. The Morgan fingerprint density at radius 1 is 0.946 bits per heavy atom. The van der Waals surface area contributed by atoms with E-state index in [1.165, 1.54) is 5.56 Å². The Morgan fingerprint density at radius 3 is 2.46 bits per heavy atom. The van der Waals surface area contributed by atoms with E-state index >= 15 is 0 Å².